The van der Waals surface area contributed by atoms with Gasteiger partial charge in [-0.3, -0.25) is 4.90 Å². The molecule has 3 atom stereocenters. The highest BCUT2D eigenvalue weighted by atomic mass is 16.5. The lowest BCUT2D eigenvalue weighted by molar-refractivity contribution is -0.0179. The van der Waals surface area contributed by atoms with Crippen LogP contribution in [0.25, 0.3) is 0 Å². The van der Waals surface area contributed by atoms with Crippen LogP contribution in [0, 0.1) is 0 Å². The molecule has 4 nitrogen and oxygen atoms in total. The Labute approximate surface area is 113 Å². The van der Waals surface area contributed by atoms with Crippen molar-refractivity contribution in [2.75, 3.05) is 46.9 Å². The first-order valence-electron chi connectivity index (χ1n) is 7.31. The van der Waals surface area contributed by atoms with E-state index in [2.05, 4.69) is 50.0 Å². The maximum absolute atomic E-state index is 5.70. The molecular formula is C14H31N3O. The minimum Gasteiger partial charge on any atom is -0.380 e. The zero-order valence-electron chi connectivity index (χ0n) is 12.8. The maximum Gasteiger partial charge on any atom is 0.0637 e. The van der Waals surface area contributed by atoms with Crippen molar-refractivity contribution in [1.82, 2.24) is 15.1 Å². The Morgan fingerprint density at radius 1 is 1.33 bits per heavy atom. The SMILES string of the molecule is CCNC1CCOCC1N(CC)C(C)CN(C)C. The van der Waals surface area contributed by atoms with Crippen LogP contribution in [0.1, 0.15) is 27.2 Å². The first kappa shape index (κ1) is 15.9. The third-order valence-electron chi connectivity index (χ3n) is 3.78. The first-order chi connectivity index (χ1) is 8.60. The molecule has 0 saturated carbocycles. The summed E-state index contributed by atoms with van der Waals surface area (Å²) < 4.78 is 5.70. The second kappa shape index (κ2) is 8.10. The van der Waals surface area contributed by atoms with Crippen LogP contribution in [0.4, 0.5) is 0 Å². The summed E-state index contributed by atoms with van der Waals surface area (Å²) in [7, 11) is 4.28. The summed E-state index contributed by atoms with van der Waals surface area (Å²) in [5.41, 5.74) is 0. The van der Waals surface area contributed by atoms with Gasteiger partial charge in [0.2, 0.25) is 0 Å². The average Bonchev–Trinajstić information content (AvgIpc) is 2.31. The van der Waals surface area contributed by atoms with E-state index in [0.29, 0.717) is 18.1 Å². The fourth-order valence-electron chi connectivity index (χ4n) is 3.06. The van der Waals surface area contributed by atoms with Gasteiger partial charge in [0, 0.05) is 31.3 Å². The standard InChI is InChI=1S/C14H31N3O/c1-6-15-13-8-9-18-11-14(13)17(7-2)12(3)10-16(4)5/h12-15H,6-11H2,1-5H3. The number of likely N-dealkylation sites (N-methyl/N-ethyl adjacent to an activating group) is 3. The predicted molar refractivity (Wildman–Crippen MR) is 77.1 cm³/mol. The van der Waals surface area contributed by atoms with Crippen LogP contribution in [0.3, 0.4) is 0 Å². The fraction of sp³-hybridized carbons (Fsp3) is 1.00. The Kier molecular flexibility index (Phi) is 7.15. The summed E-state index contributed by atoms with van der Waals surface area (Å²) in [5, 5.41) is 3.62. The van der Waals surface area contributed by atoms with Gasteiger partial charge < -0.3 is 15.0 Å². The third-order valence-corrected chi connectivity index (χ3v) is 3.78. The molecule has 0 amide bonds. The van der Waals surface area contributed by atoms with E-state index >= 15 is 0 Å². The molecule has 1 rings (SSSR count). The van der Waals surface area contributed by atoms with Gasteiger partial charge in [-0.1, -0.05) is 13.8 Å². The molecule has 1 heterocycles. The Hall–Kier alpha value is -0.160. The van der Waals surface area contributed by atoms with Crippen molar-refractivity contribution < 1.29 is 4.74 Å². The van der Waals surface area contributed by atoms with Crippen LogP contribution in [-0.2, 0) is 4.74 Å². The van der Waals surface area contributed by atoms with Crippen molar-refractivity contribution in [3.63, 3.8) is 0 Å². The lowest BCUT2D eigenvalue weighted by Crippen LogP contribution is -2.58. The lowest BCUT2D eigenvalue weighted by atomic mass is 10.00. The molecule has 4 heteroatoms. The molecule has 1 saturated heterocycles. The second-order valence-corrected chi connectivity index (χ2v) is 5.54. The first-order valence-corrected chi connectivity index (χ1v) is 7.31. The highest BCUT2D eigenvalue weighted by molar-refractivity contribution is 4.89. The Morgan fingerprint density at radius 2 is 2.06 bits per heavy atom. The number of nitrogens with zero attached hydrogens (tertiary/aromatic N) is 2. The molecule has 1 aliphatic heterocycles. The quantitative estimate of drug-likeness (QED) is 0.737. The van der Waals surface area contributed by atoms with Crippen LogP contribution in [0.2, 0.25) is 0 Å². The molecule has 0 bridgehead atoms. The van der Waals surface area contributed by atoms with Crippen LogP contribution < -0.4 is 5.32 Å². The third kappa shape index (κ3) is 4.50. The molecule has 1 fully saturated rings. The molecule has 0 radical (unpaired) electrons. The van der Waals surface area contributed by atoms with E-state index in [-0.39, 0.29) is 0 Å². The number of rotatable bonds is 7. The Morgan fingerprint density at radius 3 is 2.61 bits per heavy atom. The van der Waals surface area contributed by atoms with Gasteiger partial charge in [0.15, 0.2) is 0 Å². The molecule has 3 unspecified atom stereocenters. The van der Waals surface area contributed by atoms with Crippen molar-refractivity contribution >= 4 is 0 Å². The molecule has 0 aromatic rings. The molecule has 108 valence electrons. The maximum atomic E-state index is 5.70. The summed E-state index contributed by atoms with van der Waals surface area (Å²) in [5.74, 6) is 0. The monoisotopic (exact) mass is 257 g/mol. The van der Waals surface area contributed by atoms with Crippen molar-refractivity contribution in [2.45, 2.75) is 45.3 Å². The van der Waals surface area contributed by atoms with Gasteiger partial charge in [-0.2, -0.15) is 0 Å². The summed E-state index contributed by atoms with van der Waals surface area (Å²) in [6.07, 6.45) is 1.13. The summed E-state index contributed by atoms with van der Waals surface area (Å²) >= 11 is 0. The molecule has 0 aromatic carbocycles. The van der Waals surface area contributed by atoms with Gasteiger partial charge >= 0.3 is 0 Å². The van der Waals surface area contributed by atoms with E-state index in [4.69, 9.17) is 4.74 Å². The van der Waals surface area contributed by atoms with Crippen molar-refractivity contribution in [1.29, 1.82) is 0 Å². The minimum absolute atomic E-state index is 0.513. The lowest BCUT2D eigenvalue weighted by Gasteiger charge is -2.43. The highest BCUT2D eigenvalue weighted by Crippen LogP contribution is 2.17. The van der Waals surface area contributed by atoms with E-state index in [1.807, 2.05) is 0 Å². The number of nitrogens with one attached hydrogen (secondary N) is 1. The number of hydrogen-bond donors (Lipinski definition) is 1. The van der Waals surface area contributed by atoms with Gasteiger partial charge in [-0.15, -0.1) is 0 Å². The van der Waals surface area contributed by atoms with Crippen LogP contribution in [0.15, 0.2) is 0 Å². The van der Waals surface area contributed by atoms with E-state index in [9.17, 15) is 0 Å². The Bertz CT molecular complexity index is 221. The van der Waals surface area contributed by atoms with Crippen molar-refractivity contribution in [3.8, 4) is 0 Å². The predicted octanol–water partition coefficient (Wildman–Crippen LogP) is 1.03. The van der Waals surface area contributed by atoms with E-state index in [1.165, 1.54) is 0 Å². The van der Waals surface area contributed by atoms with Crippen molar-refractivity contribution in [3.05, 3.63) is 0 Å². The Balaban J connectivity index is 2.64. The van der Waals surface area contributed by atoms with Crippen LogP contribution >= 0.6 is 0 Å². The van der Waals surface area contributed by atoms with Gasteiger partial charge in [0.1, 0.15) is 0 Å². The molecule has 0 spiro atoms. The molecular weight excluding hydrogens is 226 g/mol. The summed E-state index contributed by atoms with van der Waals surface area (Å²) in [6, 6.07) is 1.66. The normalized spacial score (nSPS) is 26.8. The topological polar surface area (TPSA) is 27.7 Å². The molecule has 1 N–H and O–H groups in total. The summed E-state index contributed by atoms with van der Waals surface area (Å²) in [6.45, 7) is 11.8. The van der Waals surface area contributed by atoms with E-state index in [0.717, 1.165) is 39.3 Å². The van der Waals surface area contributed by atoms with Gasteiger partial charge in [0.05, 0.1) is 6.61 Å². The zero-order valence-corrected chi connectivity index (χ0v) is 12.8. The molecule has 1 aliphatic rings. The van der Waals surface area contributed by atoms with E-state index in [1.54, 1.807) is 0 Å². The van der Waals surface area contributed by atoms with Crippen molar-refractivity contribution in [2.24, 2.45) is 0 Å². The zero-order chi connectivity index (χ0) is 13.5. The van der Waals surface area contributed by atoms with Gasteiger partial charge in [0.25, 0.3) is 0 Å². The highest BCUT2D eigenvalue weighted by Gasteiger charge is 2.31. The second-order valence-electron chi connectivity index (χ2n) is 5.54. The minimum atomic E-state index is 0.513. The van der Waals surface area contributed by atoms with Crippen LogP contribution in [0.5, 0.6) is 0 Å². The molecule has 0 aromatic heterocycles. The average molecular weight is 257 g/mol. The largest absolute Gasteiger partial charge is 0.380 e. The van der Waals surface area contributed by atoms with Gasteiger partial charge in [-0.25, -0.2) is 0 Å². The number of hydrogen-bond acceptors (Lipinski definition) is 4. The fourth-order valence-corrected chi connectivity index (χ4v) is 3.06. The summed E-state index contributed by atoms with van der Waals surface area (Å²) in [4.78, 5) is 4.85. The van der Waals surface area contributed by atoms with Gasteiger partial charge in [-0.05, 0) is 40.5 Å². The smallest absolute Gasteiger partial charge is 0.0637 e. The number of ether oxygens (including phenoxy) is 1. The molecule has 18 heavy (non-hydrogen) atoms. The van der Waals surface area contributed by atoms with Crippen LogP contribution in [-0.4, -0.2) is 74.9 Å². The molecule has 0 aliphatic carbocycles. The van der Waals surface area contributed by atoms with E-state index < -0.39 is 0 Å².